The number of hydrogen-bond acceptors (Lipinski definition) is 2. The maximum absolute atomic E-state index is 13.7. The monoisotopic (exact) mass is 342 g/mol. The number of thiocarbonyl (C=S) groups is 1. The van der Waals surface area contributed by atoms with Crippen molar-refractivity contribution in [3.8, 4) is 0 Å². The van der Waals surface area contributed by atoms with E-state index in [1.54, 1.807) is 24.3 Å². The molecule has 0 fully saturated rings. The molecule has 0 radical (unpaired) electrons. The van der Waals surface area contributed by atoms with E-state index in [0.29, 0.717) is 11.3 Å². The number of halogens is 3. The van der Waals surface area contributed by atoms with Crippen LogP contribution in [0.5, 0.6) is 0 Å². The average molecular weight is 343 g/mol. The average Bonchev–Trinajstić information content (AvgIpc) is 2.34. The third kappa shape index (κ3) is 3.08. The standard InChI is InChI=1S/C13H9BrF2N2S/c14-9-5-7(15)6-10(16)12(9)18-11-4-2-1-3-8(11)13(17)19/h1-6,18H,(H2,17,19). The molecule has 0 saturated heterocycles. The highest BCUT2D eigenvalue weighted by molar-refractivity contribution is 9.10. The van der Waals surface area contributed by atoms with E-state index >= 15 is 0 Å². The molecule has 0 unspecified atom stereocenters. The van der Waals surface area contributed by atoms with Gasteiger partial charge in [-0.25, -0.2) is 8.78 Å². The molecular formula is C13H9BrF2N2S. The third-order valence-corrected chi connectivity index (χ3v) is 3.30. The van der Waals surface area contributed by atoms with Gasteiger partial charge in [0.15, 0.2) is 5.82 Å². The minimum absolute atomic E-state index is 0.130. The fraction of sp³-hybridized carbons (Fsp3) is 0. The zero-order valence-electron chi connectivity index (χ0n) is 9.58. The Hall–Kier alpha value is -1.53. The summed E-state index contributed by atoms with van der Waals surface area (Å²) in [5.41, 5.74) is 6.87. The normalized spacial score (nSPS) is 10.3. The number of nitrogens with one attached hydrogen (secondary N) is 1. The maximum Gasteiger partial charge on any atom is 0.150 e. The zero-order valence-corrected chi connectivity index (χ0v) is 12.0. The Labute approximate surface area is 122 Å². The number of para-hydroxylation sites is 1. The first-order chi connectivity index (χ1) is 8.99. The summed E-state index contributed by atoms with van der Waals surface area (Å²) in [7, 11) is 0. The van der Waals surface area contributed by atoms with E-state index in [9.17, 15) is 8.78 Å². The van der Waals surface area contributed by atoms with Crippen molar-refractivity contribution >= 4 is 44.5 Å². The molecular weight excluding hydrogens is 334 g/mol. The van der Waals surface area contributed by atoms with Gasteiger partial charge in [0, 0.05) is 21.8 Å². The van der Waals surface area contributed by atoms with Crippen LogP contribution in [0.3, 0.4) is 0 Å². The quantitative estimate of drug-likeness (QED) is 0.824. The van der Waals surface area contributed by atoms with E-state index in [0.717, 1.165) is 6.07 Å². The first-order valence-corrected chi connectivity index (χ1v) is 6.49. The minimum Gasteiger partial charge on any atom is -0.389 e. The molecule has 0 atom stereocenters. The molecule has 0 aliphatic carbocycles. The van der Waals surface area contributed by atoms with Crippen LogP contribution in [0.4, 0.5) is 20.2 Å². The second-order valence-corrected chi connectivity index (χ2v) is 5.07. The van der Waals surface area contributed by atoms with E-state index in [1.165, 1.54) is 6.07 Å². The number of anilines is 2. The van der Waals surface area contributed by atoms with Gasteiger partial charge < -0.3 is 11.1 Å². The lowest BCUT2D eigenvalue weighted by atomic mass is 10.1. The first-order valence-electron chi connectivity index (χ1n) is 5.29. The summed E-state index contributed by atoms with van der Waals surface area (Å²) in [6.07, 6.45) is 0. The Kier molecular flexibility index (Phi) is 4.11. The van der Waals surface area contributed by atoms with Crippen LogP contribution in [0.25, 0.3) is 0 Å². The summed E-state index contributed by atoms with van der Waals surface area (Å²) < 4.78 is 27.0. The van der Waals surface area contributed by atoms with Crippen LogP contribution >= 0.6 is 28.1 Å². The molecule has 2 rings (SSSR count). The van der Waals surface area contributed by atoms with E-state index in [1.807, 2.05) is 0 Å². The predicted molar refractivity (Wildman–Crippen MR) is 79.7 cm³/mol. The molecule has 0 spiro atoms. The predicted octanol–water partition coefficient (Wildman–Crippen LogP) is 4.11. The van der Waals surface area contributed by atoms with Crippen molar-refractivity contribution in [3.05, 3.63) is 58.1 Å². The third-order valence-electron chi connectivity index (χ3n) is 2.46. The van der Waals surface area contributed by atoms with Crippen molar-refractivity contribution in [2.24, 2.45) is 5.73 Å². The highest BCUT2D eigenvalue weighted by Crippen LogP contribution is 2.31. The van der Waals surface area contributed by atoms with Crippen molar-refractivity contribution in [3.63, 3.8) is 0 Å². The van der Waals surface area contributed by atoms with Crippen LogP contribution in [0, 0.1) is 11.6 Å². The maximum atomic E-state index is 13.7. The van der Waals surface area contributed by atoms with Gasteiger partial charge >= 0.3 is 0 Å². The molecule has 0 aromatic heterocycles. The van der Waals surface area contributed by atoms with Crippen molar-refractivity contribution in [2.45, 2.75) is 0 Å². The number of hydrogen-bond donors (Lipinski definition) is 2. The van der Waals surface area contributed by atoms with Crippen molar-refractivity contribution in [1.29, 1.82) is 0 Å². The van der Waals surface area contributed by atoms with Crippen LogP contribution in [-0.4, -0.2) is 4.99 Å². The summed E-state index contributed by atoms with van der Waals surface area (Å²) in [5.74, 6) is -1.36. The van der Waals surface area contributed by atoms with Crippen LogP contribution < -0.4 is 11.1 Å². The topological polar surface area (TPSA) is 38.0 Å². The molecule has 19 heavy (non-hydrogen) atoms. The molecule has 6 heteroatoms. The second-order valence-electron chi connectivity index (χ2n) is 3.78. The van der Waals surface area contributed by atoms with Gasteiger partial charge in [0.05, 0.1) is 5.69 Å². The summed E-state index contributed by atoms with van der Waals surface area (Å²) >= 11 is 8.03. The summed E-state index contributed by atoms with van der Waals surface area (Å²) in [5, 5.41) is 2.86. The van der Waals surface area contributed by atoms with Crippen molar-refractivity contribution in [2.75, 3.05) is 5.32 Å². The molecule has 0 amide bonds. The van der Waals surface area contributed by atoms with Gasteiger partial charge in [0.1, 0.15) is 10.8 Å². The Balaban J connectivity index is 2.45. The Morgan fingerprint density at radius 3 is 2.53 bits per heavy atom. The van der Waals surface area contributed by atoms with Crippen LogP contribution in [-0.2, 0) is 0 Å². The van der Waals surface area contributed by atoms with Gasteiger partial charge in [-0.05, 0) is 34.1 Å². The fourth-order valence-corrected chi connectivity index (χ4v) is 2.29. The minimum atomic E-state index is -0.704. The molecule has 2 aromatic carbocycles. The molecule has 3 N–H and O–H groups in total. The molecule has 2 aromatic rings. The highest BCUT2D eigenvalue weighted by atomic mass is 79.9. The van der Waals surface area contributed by atoms with E-state index in [2.05, 4.69) is 21.2 Å². The lowest BCUT2D eigenvalue weighted by Gasteiger charge is -2.13. The van der Waals surface area contributed by atoms with Gasteiger partial charge in [0.25, 0.3) is 0 Å². The SMILES string of the molecule is NC(=S)c1ccccc1Nc1c(F)cc(F)cc1Br. The number of benzene rings is 2. The highest BCUT2D eigenvalue weighted by Gasteiger charge is 2.12. The number of rotatable bonds is 3. The van der Waals surface area contributed by atoms with Gasteiger partial charge in [-0.2, -0.15) is 0 Å². The van der Waals surface area contributed by atoms with Gasteiger partial charge in [-0.15, -0.1) is 0 Å². The van der Waals surface area contributed by atoms with E-state index in [-0.39, 0.29) is 15.1 Å². The molecule has 0 bridgehead atoms. The van der Waals surface area contributed by atoms with E-state index < -0.39 is 11.6 Å². The molecule has 2 nitrogen and oxygen atoms in total. The molecule has 98 valence electrons. The summed E-state index contributed by atoms with van der Waals surface area (Å²) in [4.78, 5) is 0.196. The van der Waals surface area contributed by atoms with Crippen LogP contribution in [0.15, 0.2) is 40.9 Å². The van der Waals surface area contributed by atoms with Crippen LogP contribution in [0.2, 0.25) is 0 Å². The fourth-order valence-electron chi connectivity index (χ4n) is 1.60. The van der Waals surface area contributed by atoms with Crippen LogP contribution in [0.1, 0.15) is 5.56 Å². The van der Waals surface area contributed by atoms with Crippen molar-refractivity contribution < 1.29 is 8.78 Å². The molecule has 0 aliphatic rings. The lowest BCUT2D eigenvalue weighted by Crippen LogP contribution is -2.12. The lowest BCUT2D eigenvalue weighted by molar-refractivity contribution is 0.584. The van der Waals surface area contributed by atoms with Gasteiger partial charge in [0.2, 0.25) is 0 Å². The molecule has 0 heterocycles. The Bertz CT molecular complexity index is 623. The van der Waals surface area contributed by atoms with Crippen molar-refractivity contribution in [1.82, 2.24) is 0 Å². The largest absolute Gasteiger partial charge is 0.389 e. The zero-order chi connectivity index (χ0) is 14.0. The van der Waals surface area contributed by atoms with Gasteiger partial charge in [-0.3, -0.25) is 0 Å². The Morgan fingerprint density at radius 1 is 1.21 bits per heavy atom. The molecule has 0 aliphatic heterocycles. The second kappa shape index (κ2) is 5.63. The number of nitrogens with two attached hydrogens (primary N) is 1. The van der Waals surface area contributed by atoms with E-state index in [4.69, 9.17) is 18.0 Å². The first kappa shape index (κ1) is 13.9. The summed E-state index contributed by atoms with van der Waals surface area (Å²) in [6.45, 7) is 0. The van der Waals surface area contributed by atoms with Gasteiger partial charge in [-0.1, -0.05) is 24.4 Å². The smallest absolute Gasteiger partial charge is 0.150 e. The molecule has 0 saturated carbocycles. The Morgan fingerprint density at radius 2 is 1.89 bits per heavy atom. The summed E-state index contributed by atoms with van der Waals surface area (Å²) in [6, 6.07) is 8.95.